The maximum absolute atomic E-state index is 11.1. The quantitative estimate of drug-likeness (QED) is 0.528. The minimum atomic E-state index is -0.0712. The molecule has 0 bridgehead atoms. The lowest BCUT2D eigenvalue weighted by molar-refractivity contribution is 0.0721. The lowest BCUT2D eigenvalue weighted by Crippen LogP contribution is -2.38. The van der Waals surface area contributed by atoms with Gasteiger partial charge < -0.3 is 25.0 Å². The van der Waals surface area contributed by atoms with Crippen LogP contribution < -0.4 is 10.6 Å². The molecule has 0 aromatic heterocycles. The molecule has 0 heterocycles. The number of ether oxygens (including phenoxy) is 2. The average molecular weight is 233 g/mol. The van der Waals surface area contributed by atoms with Gasteiger partial charge in [-0.05, 0) is 0 Å². The summed E-state index contributed by atoms with van der Waals surface area (Å²) in [6, 6.07) is -0.0712. The third kappa shape index (κ3) is 9.70. The molecule has 0 spiro atoms. The minimum absolute atomic E-state index is 0.0712. The van der Waals surface area contributed by atoms with Crippen LogP contribution in [0.2, 0.25) is 0 Å². The van der Waals surface area contributed by atoms with Crippen LogP contribution >= 0.6 is 0 Å². The Morgan fingerprint density at radius 2 is 1.88 bits per heavy atom. The van der Waals surface area contributed by atoms with E-state index in [1.165, 1.54) is 4.90 Å². The third-order valence-corrected chi connectivity index (χ3v) is 1.84. The summed E-state index contributed by atoms with van der Waals surface area (Å²) in [5.74, 6) is 0. The zero-order valence-corrected chi connectivity index (χ0v) is 10.4. The molecular formula is C10H23N3O3. The van der Waals surface area contributed by atoms with E-state index in [4.69, 9.17) is 9.47 Å². The first-order chi connectivity index (χ1) is 7.68. The zero-order valence-electron chi connectivity index (χ0n) is 10.4. The van der Waals surface area contributed by atoms with Gasteiger partial charge in [0.1, 0.15) is 0 Å². The Kier molecular flexibility index (Phi) is 10.1. The average Bonchev–Trinajstić information content (AvgIpc) is 2.26. The van der Waals surface area contributed by atoms with Crippen LogP contribution in [0.4, 0.5) is 4.79 Å². The van der Waals surface area contributed by atoms with Crippen LogP contribution in [0.3, 0.4) is 0 Å². The first kappa shape index (κ1) is 15.2. The van der Waals surface area contributed by atoms with Gasteiger partial charge in [0, 0.05) is 40.8 Å². The van der Waals surface area contributed by atoms with E-state index in [9.17, 15) is 4.79 Å². The summed E-state index contributed by atoms with van der Waals surface area (Å²) in [6.07, 6.45) is 0. The first-order valence-corrected chi connectivity index (χ1v) is 5.41. The van der Waals surface area contributed by atoms with Crippen molar-refractivity contribution in [3.8, 4) is 0 Å². The molecule has 0 aliphatic heterocycles. The number of carbonyl (C=O) groups is 1. The number of nitrogens with one attached hydrogen (secondary N) is 2. The molecule has 6 heteroatoms. The minimum Gasteiger partial charge on any atom is -0.382 e. The molecule has 0 aliphatic rings. The van der Waals surface area contributed by atoms with Gasteiger partial charge in [-0.3, -0.25) is 0 Å². The van der Waals surface area contributed by atoms with Crippen molar-refractivity contribution in [3.63, 3.8) is 0 Å². The smallest absolute Gasteiger partial charge is 0.316 e. The molecule has 2 N–H and O–H groups in total. The first-order valence-electron chi connectivity index (χ1n) is 5.41. The number of hydrogen-bond donors (Lipinski definition) is 2. The van der Waals surface area contributed by atoms with Gasteiger partial charge in [-0.2, -0.15) is 0 Å². The van der Waals surface area contributed by atoms with Gasteiger partial charge in [0.2, 0.25) is 0 Å². The number of carbonyl (C=O) groups excluding carboxylic acids is 1. The molecule has 0 aliphatic carbocycles. The summed E-state index contributed by atoms with van der Waals surface area (Å²) in [4.78, 5) is 12.6. The second kappa shape index (κ2) is 10.7. The Morgan fingerprint density at radius 3 is 2.50 bits per heavy atom. The molecule has 16 heavy (non-hydrogen) atoms. The normalized spacial score (nSPS) is 10.2. The van der Waals surface area contributed by atoms with E-state index in [-0.39, 0.29) is 6.03 Å². The number of hydrogen-bond acceptors (Lipinski definition) is 4. The lowest BCUT2D eigenvalue weighted by atomic mass is 10.5. The highest BCUT2D eigenvalue weighted by Crippen LogP contribution is 1.76. The van der Waals surface area contributed by atoms with Crippen LogP contribution in [0.1, 0.15) is 0 Å². The van der Waals surface area contributed by atoms with Crippen molar-refractivity contribution in [2.75, 3.05) is 60.7 Å². The fourth-order valence-corrected chi connectivity index (χ4v) is 0.930. The maximum atomic E-state index is 11.1. The SMILES string of the molecule is COCCOCCNCCNC(=O)N(C)C. The molecule has 2 amide bonds. The summed E-state index contributed by atoms with van der Waals surface area (Å²) in [7, 11) is 5.08. The molecule has 0 rings (SSSR count). The second-order valence-corrected chi connectivity index (χ2v) is 3.48. The number of amides is 2. The number of nitrogens with zero attached hydrogens (tertiary/aromatic N) is 1. The molecule has 0 aromatic rings. The van der Waals surface area contributed by atoms with Crippen molar-refractivity contribution in [2.45, 2.75) is 0 Å². The molecule has 0 atom stereocenters. The van der Waals surface area contributed by atoms with Gasteiger partial charge in [0.05, 0.1) is 19.8 Å². The van der Waals surface area contributed by atoms with Gasteiger partial charge >= 0.3 is 6.03 Å². The monoisotopic (exact) mass is 233 g/mol. The van der Waals surface area contributed by atoms with E-state index in [2.05, 4.69) is 10.6 Å². The highest BCUT2D eigenvalue weighted by molar-refractivity contribution is 5.73. The molecule has 96 valence electrons. The molecule has 0 unspecified atom stereocenters. The van der Waals surface area contributed by atoms with Crippen molar-refractivity contribution in [2.24, 2.45) is 0 Å². The van der Waals surface area contributed by atoms with E-state index in [1.54, 1.807) is 21.2 Å². The molecule has 0 saturated carbocycles. The Bertz CT molecular complexity index is 177. The Hall–Kier alpha value is -0.850. The molecule has 0 aromatic carbocycles. The fourth-order valence-electron chi connectivity index (χ4n) is 0.930. The van der Waals surface area contributed by atoms with E-state index in [0.717, 1.165) is 13.1 Å². The predicted molar refractivity (Wildman–Crippen MR) is 62.7 cm³/mol. The lowest BCUT2D eigenvalue weighted by Gasteiger charge is -2.12. The van der Waals surface area contributed by atoms with Gasteiger partial charge in [-0.25, -0.2) is 4.79 Å². The summed E-state index contributed by atoms with van der Waals surface area (Å²) in [6.45, 7) is 4.04. The van der Waals surface area contributed by atoms with Crippen molar-refractivity contribution < 1.29 is 14.3 Å². The molecular weight excluding hydrogens is 210 g/mol. The van der Waals surface area contributed by atoms with Crippen molar-refractivity contribution in [1.82, 2.24) is 15.5 Å². The number of urea groups is 1. The standard InChI is InChI=1S/C10H23N3O3/c1-13(2)10(14)12-5-4-11-6-7-16-9-8-15-3/h11H,4-9H2,1-3H3,(H,12,14). The van der Waals surface area contributed by atoms with E-state index in [1.807, 2.05) is 0 Å². The molecule has 0 fully saturated rings. The number of methoxy groups -OCH3 is 1. The summed E-state index contributed by atoms with van der Waals surface area (Å²) in [5.41, 5.74) is 0. The van der Waals surface area contributed by atoms with Crippen LogP contribution in [0.5, 0.6) is 0 Å². The Balaban J connectivity index is 3.07. The summed E-state index contributed by atoms with van der Waals surface area (Å²) >= 11 is 0. The topological polar surface area (TPSA) is 62.8 Å². The Labute approximate surface area is 97.3 Å². The van der Waals surface area contributed by atoms with Gasteiger partial charge in [0.15, 0.2) is 0 Å². The molecule has 0 radical (unpaired) electrons. The van der Waals surface area contributed by atoms with Crippen LogP contribution in [0.15, 0.2) is 0 Å². The van der Waals surface area contributed by atoms with Crippen molar-refractivity contribution in [1.29, 1.82) is 0 Å². The molecule has 6 nitrogen and oxygen atoms in total. The maximum Gasteiger partial charge on any atom is 0.316 e. The van der Waals surface area contributed by atoms with E-state index < -0.39 is 0 Å². The predicted octanol–water partition coefficient (Wildman–Crippen LogP) is -0.490. The second-order valence-electron chi connectivity index (χ2n) is 3.48. The highest BCUT2D eigenvalue weighted by atomic mass is 16.5. The van der Waals surface area contributed by atoms with E-state index in [0.29, 0.717) is 26.4 Å². The van der Waals surface area contributed by atoms with Crippen molar-refractivity contribution in [3.05, 3.63) is 0 Å². The van der Waals surface area contributed by atoms with Gasteiger partial charge in [-0.15, -0.1) is 0 Å². The number of rotatable bonds is 9. The summed E-state index contributed by atoms with van der Waals surface area (Å²) < 4.78 is 10.1. The zero-order chi connectivity index (χ0) is 12.2. The Morgan fingerprint density at radius 1 is 1.12 bits per heavy atom. The van der Waals surface area contributed by atoms with Crippen molar-refractivity contribution >= 4 is 6.03 Å². The van der Waals surface area contributed by atoms with E-state index >= 15 is 0 Å². The van der Waals surface area contributed by atoms with Gasteiger partial charge in [0.25, 0.3) is 0 Å². The fraction of sp³-hybridized carbons (Fsp3) is 0.900. The van der Waals surface area contributed by atoms with Crippen LogP contribution in [0.25, 0.3) is 0 Å². The molecule has 0 saturated heterocycles. The van der Waals surface area contributed by atoms with Crippen LogP contribution in [-0.2, 0) is 9.47 Å². The highest BCUT2D eigenvalue weighted by Gasteiger charge is 1.99. The van der Waals surface area contributed by atoms with Gasteiger partial charge in [-0.1, -0.05) is 0 Å². The summed E-state index contributed by atoms with van der Waals surface area (Å²) in [5, 5.41) is 5.91. The van der Waals surface area contributed by atoms with Crippen LogP contribution in [0, 0.1) is 0 Å². The largest absolute Gasteiger partial charge is 0.382 e. The third-order valence-electron chi connectivity index (χ3n) is 1.84. The van der Waals surface area contributed by atoms with Crippen LogP contribution in [-0.4, -0.2) is 71.6 Å².